The van der Waals surface area contributed by atoms with Crippen LogP contribution in [-0.2, 0) is 14.8 Å². The predicted molar refractivity (Wildman–Crippen MR) is 52.8 cm³/mol. The van der Waals surface area contributed by atoms with Crippen LogP contribution in [0, 0.1) is 0 Å². The van der Waals surface area contributed by atoms with Gasteiger partial charge in [0.05, 0.1) is 19.4 Å². The molecule has 1 aromatic rings. The fourth-order valence-corrected chi connectivity index (χ4v) is 3.09. The minimum Gasteiger partial charge on any atom is -0.378 e. The van der Waals surface area contributed by atoms with Gasteiger partial charge in [0.1, 0.15) is 0 Å². The van der Waals surface area contributed by atoms with E-state index in [0.29, 0.717) is 19.8 Å². The molecule has 2 heterocycles. The van der Waals surface area contributed by atoms with Crippen LogP contribution < -0.4 is 0 Å². The van der Waals surface area contributed by atoms with Crippen molar-refractivity contribution in [3.8, 4) is 0 Å². The minimum absolute atomic E-state index is 0.132. The van der Waals surface area contributed by atoms with Gasteiger partial charge in [-0.05, 0) is 13.0 Å². The molecule has 0 bridgehead atoms. The van der Waals surface area contributed by atoms with Crippen molar-refractivity contribution in [2.45, 2.75) is 18.0 Å². The van der Waals surface area contributed by atoms with Crippen molar-refractivity contribution in [3.05, 3.63) is 12.3 Å². The summed E-state index contributed by atoms with van der Waals surface area (Å²) in [5, 5.41) is 6.26. The number of rotatable bonds is 2. The van der Waals surface area contributed by atoms with Crippen LogP contribution in [0.5, 0.6) is 0 Å². The number of sulfonamides is 1. The lowest BCUT2D eigenvalue weighted by Crippen LogP contribution is -2.47. The molecule has 1 unspecified atom stereocenters. The molecule has 0 amide bonds. The molecule has 7 heteroatoms. The molecule has 6 nitrogen and oxygen atoms in total. The molecule has 0 radical (unpaired) electrons. The van der Waals surface area contributed by atoms with E-state index in [1.54, 1.807) is 0 Å². The zero-order valence-corrected chi connectivity index (χ0v) is 9.20. The molecule has 1 aromatic heterocycles. The zero-order chi connectivity index (χ0) is 10.9. The van der Waals surface area contributed by atoms with Crippen molar-refractivity contribution in [1.29, 1.82) is 0 Å². The highest BCUT2D eigenvalue weighted by Crippen LogP contribution is 2.17. The third-order valence-corrected chi connectivity index (χ3v) is 4.31. The minimum atomic E-state index is -3.43. The van der Waals surface area contributed by atoms with Crippen LogP contribution in [0.4, 0.5) is 0 Å². The summed E-state index contributed by atoms with van der Waals surface area (Å²) in [5.74, 6) is 0. The smallest absolute Gasteiger partial charge is 0.260 e. The Labute approximate surface area is 88.3 Å². The van der Waals surface area contributed by atoms with Crippen LogP contribution in [0.2, 0.25) is 0 Å². The first kappa shape index (κ1) is 10.6. The molecule has 2 rings (SSSR count). The third-order valence-electron chi connectivity index (χ3n) is 2.37. The number of H-pyrrole nitrogens is 1. The van der Waals surface area contributed by atoms with Crippen LogP contribution in [0.15, 0.2) is 17.3 Å². The van der Waals surface area contributed by atoms with Gasteiger partial charge in [-0.2, -0.15) is 9.40 Å². The van der Waals surface area contributed by atoms with Crippen LogP contribution >= 0.6 is 0 Å². The molecule has 0 aliphatic carbocycles. The van der Waals surface area contributed by atoms with Crippen molar-refractivity contribution in [2.75, 3.05) is 19.8 Å². The highest BCUT2D eigenvalue weighted by molar-refractivity contribution is 7.89. The lowest BCUT2D eigenvalue weighted by Gasteiger charge is -2.31. The summed E-state index contributed by atoms with van der Waals surface area (Å²) >= 11 is 0. The van der Waals surface area contributed by atoms with Crippen LogP contribution in [-0.4, -0.2) is 48.7 Å². The standard InChI is InChI=1S/C8H13N3O3S/c1-7-6-14-5-4-11(7)15(12,13)8-2-3-9-10-8/h2-3,7H,4-6H2,1H3,(H,9,10). The van der Waals surface area contributed by atoms with Gasteiger partial charge in [0.2, 0.25) is 0 Å². The first-order valence-corrected chi connectivity index (χ1v) is 6.15. The normalized spacial score (nSPS) is 24.2. The van der Waals surface area contributed by atoms with E-state index in [-0.39, 0.29) is 11.1 Å². The van der Waals surface area contributed by atoms with Crippen LogP contribution in [0.3, 0.4) is 0 Å². The maximum absolute atomic E-state index is 12.1. The third kappa shape index (κ3) is 1.90. The second-order valence-electron chi connectivity index (χ2n) is 3.46. The average molecular weight is 231 g/mol. The molecular formula is C8H13N3O3S. The summed E-state index contributed by atoms with van der Waals surface area (Å²) in [6, 6.07) is 1.32. The quantitative estimate of drug-likeness (QED) is 0.766. The number of hydrogen-bond donors (Lipinski definition) is 1. The topological polar surface area (TPSA) is 75.3 Å². The number of nitrogens with one attached hydrogen (secondary N) is 1. The largest absolute Gasteiger partial charge is 0.378 e. The zero-order valence-electron chi connectivity index (χ0n) is 8.38. The van der Waals surface area contributed by atoms with Gasteiger partial charge in [-0.3, -0.25) is 5.10 Å². The molecule has 1 N–H and O–H groups in total. The van der Waals surface area contributed by atoms with E-state index in [0.717, 1.165) is 0 Å². The van der Waals surface area contributed by atoms with E-state index in [4.69, 9.17) is 4.74 Å². The number of aromatic amines is 1. The molecule has 1 atom stereocenters. The van der Waals surface area contributed by atoms with Gasteiger partial charge in [-0.25, -0.2) is 8.42 Å². The van der Waals surface area contributed by atoms with E-state index < -0.39 is 10.0 Å². The Balaban J connectivity index is 2.29. The Hall–Kier alpha value is -0.920. The Kier molecular flexibility index (Phi) is 2.76. The molecule has 1 fully saturated rings. The van der Waals surface area contributed by atoms with E-state index >= 15 is 0 Å². The maximum Gasteiger partial charge on any atom is 0.260 e. The van der Waals surface area contributed by atoms with E-state index in [9.17, 15) is 8.42 Å². The van der Waals surface area contributed by atoms with Crippen molar-refractivity contribution < 1.29 is 13.2 Å². The fourth-order valence-electron chi connectivity index (χ4n) is 1.58. The second kappa shape index (κ2) is 3.92. The highest BCUT2D eigenvalue weighted by Gasteiger charge is 2.32. The Morgan fingerprint density at radius 1 is 1.67 bits per heavy atom. The van der Waals surface area contributed by atoms with Gasteiger partial charge in [-0.15, -0.1) is 0 Å². The summed E-state index contributed by atoms with van der Waals surface area (Å²) in [7, 11) is -3.43. The Morgan fingerprint density at radius 2 is 2.47 bits per heavy atom. The molecule has 84 valence electrons. The molecular weight excluding hydrogens is 218 g/mol. The van der Waals surface area contributed by atoms with Gasteiger partial charge in [0.15, 0.2) is 5.03 Å². The number of aromatic nitrogens is 2. The van der Waals surface area contributed by atoms with Gasteiger partial charge in [-0.1, -0.05) is 0 Å². The first-order chi connectivity index (χ1) is 7.12. The fraction of sp³-hybridized carbons (Fsp3) is 0.625. The van der Waals surface area contributed by atoms with Crippen molar-refractivity contribution >= 4 is 10.0 Å². The highest BCUT2D eigenvalue weighted by atomic mass is 32.2. The summed E-state index contributed by atoms with van der Waals surface area (Å²) in [6.07, 6.45) is 1.43. The molecule has 15 heavy (non-hydrogen) atoms. The number of ether oxygens (including phenoxy) is 1. The summed E-state index contributed by atoms with van der Waals surface area (Å²) in [5.41, 5.74) is 0. The van der Waals surface area contributed by atoms with E-state index in [1.807, 2.05) is 6.92 Å². The van der Waals surface area contributed by atoms with Crippen molar-refractivity contribution in [3.63, 3.8) is 0 Å². The average Bonchev–Trinajstić information content (AvgIpc) is 2.71. The number of hydrogen-bond acceptors (Lipinski definition) is 4. The van der Waals surface area contributed by atoms with E-state index in [2.05, 4.69) is 10.2 Å². The second-order valence-corrected chi connectivity index (χ2v) is 5.32. The Bertz CT molecular complexity index is 414. The molecule has 0 saturated carbocycles. The van der Waals surface area contributed by atoms with Crippen molar-refractivity contribution in [2.24, 2.45) is 0 Å². The summed E-state index contributed by atoms with van der Waals surface area (Å²) in [6.45, 7) is 3.10. The molecule has 1 saturated heterocycles. The van der Waals surface area contributed by atoms with Gasteiger partial charge >= 0.3 is 0 Å². The monoisotopic (exact) mass is 231 g/mol. The first-order valence-electron chi connectivity index (χ1n) is 4.71. The van der Waals surface area contributed by atoms with Crippen LogP contribution in [0.1, 0.15) is 6.92 Å². The summed E-state index contributed by atoms with van der Waals surface area (Å²) in [4.78, 5) is 0. The molecule has 1 aliphatic rings. The molecule has 0 aromatic carbocycles. The molecule has 1 aliphatic heterocycles. The predicted octanol–water partition coefficient (Wildman–Crippen LogP) is -0.181. The van der Waals surface area contributed by atoms with Gasteiger partial charge in [0, 0.05) is 12.6 Å². The Morgan fingerprint density at radius 3 is 3.07 bits per heavy atom. The van der Waals surface area contributed by atoms with Gasteiger partial charge in [0.25, 0.3) is 10.0 Å². The number of morpholine rings is 1. The van der Waals surface area contributed by atoms with Gasteiger partial charge < -0.3 is 4.74 Å². The SMILES string of the molecule is CC1COCCN1S(=O)(=O)c1ccn[nH]1. The lowest BCUT2D eigenvalue weighted by atomic mass is 10.3. The van der Waals surface area contributed by atoms with E-state index in [1.165, 1.54) is 16.6 Å². The van der Waals surface area contributed by atoms with Crippen LogP contribution in [0.25, 0.3) is 0 Å². The maximum atomic E-state index is 12.1. The summed E-state index contributed by atoms with van der Waals surface area (Å²) < 4.78 is 30.7. The number of nitrogens with zero attached hydrogens (tertiary/aromatic N) is 2. The lowest BCUT2D eigenvalue weighted by molar-refractivity contribution is 0.0391. The van der Waals surface area contributed by atoms with Crippen molar-refractivity contribution in [1.82, 2.24) is 14.5 Å². The molecule has 0 spiro atoms.